The van der Waals surface area contributed by atoms with Gasteiger partial charge in [0, 0.05) is 13.1 Å². The van der Waals surface area contributed by atoms with Crippen LogP contribution >= 0.6 is 0 Å². The summed E-state index contributed by atoms with van der Waals surface area (Å²) in [6.07, 6.45) is 3.77. The van der Waals surface area contributed by atoms with E-state index < -0.39 is 0 Å². The Morgan fingerprint density at radius 1 is 1.40 bits per heavy atom. The van der Waals surface area contributed by atoms with E-state index in [4.69, 9.17) is 13.7 Å². The minimum Gasteiger partial charge on any atom is -0.481 e. The SMILES string of the molecule is COc1c([C@@H]2CCCN2Cc2nc(-c3ccco3)no2)c(C)nn1C. The van der Waals surface area contributed by atoms with Crippen LogP contribution in [-0.2, 0) is 13.6 Å². The van der Waals surface area contributed by atoms with E-state index in [1.165, 1.54) is 0 Å². The van der Waals surface area contributed by atoms with Crippen molar-refractivity contribution in [1.29, 1.82) is 0 Å². The standard InChI is InChI=1S/C17H21N5O3/c1-11-15(17(23-3)21(2)19-11)12-6-4-8-22(12)10-14-18-16(20-25-14)13-7-5-9-24-13/h5,7,9,12H,4,6,8,10H2,1-3H3/t12-/m0/s1. The molecule has 1 saturated heterocycles. The lowest BCUT2D eigenvalue weighted by molar-refractivity contribution is 0.208. The summed E-state index contributed by atoms with van der Waals surface area (Å²) >= 11 is 0. The molecule has 8 nitrogen and oxygen atoms in total. The molecule has 0 N–H and O–H groups in total. The molecule has 0 bridgehead atoms. The first-order valence-electron chi connectivity index (χ1n) is 8.35. The molecule has 1 aliphatic rings. The monoisotopic (exact) mass is 343 g/mol. The van der Waals surface area contributed by atoms with E-state index in [1.807, 2.05) is 20.0 Å². The zero-order valence-electron chi connectivity index (χ0n) is 14.6. The van der Waals surface area contributed by atoms with Gasteiger partial charge in [0.1, 0.15) is 0 Å². The molecule has 8 heteroatoms. The number of nitrogens with zero attached hydrogens (tertiary/aromatic N) is 5. The van der Waals surface area contributed by atoms with Crippen LogP contribution in [0.4, 0.5) is 0 Å². The van der Waals surface area contributed by atoms with Crippen LogP contribution in [0.2, 0.25) is 0 Å². The molecule has 0 aliphatic carbocycles. The first-order valence-corrected chi connectivity index (χ1v) is 8.35. The van der Waals surface area contributed by atoms with Gasteiger partial charge in [-0.3, -0.25) is 4.90 Å². The number of hydrogen-bond donors (Lipinski definition) is 0. The summed E-state index contributed by atoms with van der Waals surface area (Å²) in [6.45, 7) is 3.59. The smallest absolute Gasteiger partial charge is 0.241 e. The summed E-state index contributed by atoms with van der Waals surface area (Å²) in [5, 5.41) is 8.51. The fourth-order valence-corrected chi connectivity index (χ4v) is 3.62. The van der Waals surface area contributed by atoms with Crippen molar-refractivity contribution in [3.8, 4) is 17.5 Å². The number of hydrogen-bond acceptors (Lipinski definition) is 7. The maximum Gasteiger partial charge on any atom is 0.241 e. The Morgan fingerprint density at radius 3 is 3.04 bits per heavy atom. The predicted octanol–water partition coefficient (Wildman–Crippen LogP) is 2.72. The van der Waals surface area contributed by atoms with E-state index in [9.17, 15) is 0 Å². The fourth-order valence-electron chi connectivity index (χ4n) is 3.62. The van der Waals surface area contributed by atoms with Gasteiger partial charge in [0.25, 0.3) is 0 Å². The van der Waals surface area contributed by atoms with Crippen LogP contribution in [0, 0.1) is 6.92 Å². The molecule has 25 heavy (non-hydrogen) atoms. The van der Waals surface area contributed by atoms with E-state index in [0.717, 1.165) is 36.5 Å². The lowest BCUT2D eigenvalue weighted by Gasteiger charge is -2.23. The van der Waals surface area contributed by atoms with Crippen molar-refractivity contribution < 1.29 is 13.7 Å². The number of aryl methyl sites for hydroxylation is 2. The van der Waals surface area contributed by atoms with Crippen molar-refractivity contribution in [3.63, 3.8) is 0 Å². The Kier molecular flexibility index (Phi) is 4.04. The quantitative estimate of drug-likeness (QED) is 0.704. The van der Waals surface area contributed by atoms with Crippen molar-refractivity contribution in [3.05, 3.63) is 35.5 Å². The lowest BCUT2D eigenvalue weighted by atomic mass is 10.1. The lowest BCUT2D eigenvalue weighted by Crippen LogP contribution is -2.23. The van der Waals surface area contributed by atoms with Gasteiger partial charge >= 0.3 is 0 Å². The van der Waals surface area contributed by atoms with Gasteiger partial charge in [0.2, 0.25) is 17.6 Å². The van der Waals surface area contributed by atoms with Gasteiger partial charge in [-0.15, -0.1) is 0 Å². The highest BCUT2D eigenvalue weighted by molar-refractivity contribution is 5.44. The maximum absolute atomic E-state index is 5.57. The highest BCUT2D eigenvalue weighted by Crippen LogP contribution is 2.39. The van der Waals surface area contributed by atoms with Gasteiger partial charge in [-0.1, -0.05) is 5.16 Å². The Balaban J connectivity index is 1.57. The van der Waals surface area contributed by atoms with Crippen LogP contribution in [0.15, 0.2) is 27.3 Å². The number of methoxy groups -OCH3 is 1. The second-order valence-electron chi connectivity index (χ2n) is 6.25. The third-order valence-corrected chi connectivity index (χ3v) is 4.65. The molecule has 0 unspecified atom stereocenters. The highest BCUT2D eigenvalue weighted by atomic mass is 16.5. The fraction of sp³-hybridized carbons (Fsp3) is 0.471. The molecule has 4 heterocycles. The largest absolute Gasteiger partial charge is 0.481 e. The molecule has 1 aliphatic heterocycles. The summed E-state index contributed by atoms with van der Waals surface area (Å²) in [4.78, 5) is 6.79. The number of aromatic nitrogens is 4. The average Bonchev–Trinajstić information content (AvgIpc) is 3.35. The molecule has 3 aromatic rings. The van der Waals surface area contributed by atoms with E-state index in [2.05, 4.69) is 20.1 Å². The number of furan rings is 1. The van der Waals surface area contributed by atoms with Crippen molar-refractivity contribution >= 4 is 0 Å². The minimum atomic E-state index is 0.239. The van der Waals surface area contributed by atoms with Crippen LogP contribution in [0.1, 0.15) is 36.0 Å². The molecule has 0 saturated carbocycles. The molecule has 0 amide bonds. The molecule has 132 valence electrons. The summed E-state index contributed by atoms with van der Waals surface area (Å²) in [5.74, 6) is 2.48. The van der Waals surface area contributed by atoms with Crippen molar-refractivity contribution in [2.75, 3.05) is 13.7 Å². The molecule has 0 aromatic carbocycles. The average molecular weight is 343 g/mol. The van der Waals surface area contributed by atoms with Crippen LogP contribution in [0.5, 0.6) is 5.88 Å². The van der Waals surface area contributed by atoms with Crippen LogP contribution in [0.3, 0.4) is 0 Å². The highest BCUT2D eigenvalue weighted by Gasteiger charge is 2.33. The zero-order valence-corrected chi connectivity index (χ0v) is 14.6. The molecule has 3 aromatic heterocycles. The number of likely N-dealkylation sites (tertiary alicyclic amines) is 1. The molecular weight excluding hydrogens is 322 g/mol. The van der Waals surface area contributed by atoms with Crippen LogP contribution in [0.25, 0.3) is 11.6 Å². The Morgan fingerprint density at radius 2 is 2.28 bits per heavy atom. The van der Waals surface area contributed by atoms with Crippen molar-refractivity contribution in [1.82, 2.24) is 24.8 Å². The van der Waals surface area contributed by atoms with E-state index in [1.54, 1.807) is 24.1 Å². The van der Waals surface area contributed by atoms with Gasteiger partial charge in [0.15, 0.2) is 5.76 Å². The predicted molar refractivity (Wildman–Crippen MR) is 88.9 cm³/mol. The van der Waals surface area contributed by atoms with Crippen molar-refractivity contribution in [2.24, 2.45) is 7.05 Å². The number of rotatable bonds is 5. The normalized spacial score (nSPS) is 18.1. The Labute approximate surface area is 145 Å². The summed E-state index contributed by atoms with van der Waals surface area (Å²) in [7, 11) is 3.59. The Bertz CT molecular complexity index is 852. The maximum atomic E-state index is 5.57. The van der Waals surface area contributed by atoms with Gasteiger partial charge < -0.3 is 13.7 Å². The topological polar surface area (TPSA) is 82.3 Å². The van der Waals surface area contributed by atoms with Crippen LogP contribution in [-0.4, -0.2) is 38.5 Å². The molecular formula is C17H21N5O3. The van der Waals surface area contributed by atoms with Gasteiger partial charge in [-0.25, -0.2) is 4.68 Å². The molecule has 0 spiro atoms. The van der Waals surface area contributed by atoms with Gasteiger partial charge in [-0.2, -0.15) is 10.1 Å². The van der Waals surface area contributed by atoms with E-state index >= 15 is 0 Å². The Hall–Kier alpha value is -2.61. The van der Waals surface area contributed by atoms with Gasteiger partial charge in [0.05, 0.1) is 31.2 Å². The van der Waals surface area contributed by atoms with E-state index in [-0.39, 0.29) is 6.04 Å². The number of ether oxygens (including phenoxy) is 1. The van der Waals surface area contributed by atoms with Crippen LogP contribution < -0.4 is 4.74 Å². The first kappa shape index (κ1) is 15.9. The molecule has 1 fully saturated rings. The first-order chi connectivity index (χ1) is 12.2. The molecule has 4 rings (SSSR count). The molecule has 0 radical (unpaired) electrons. The second kappa shape index (κ2) is 6.36. The molecule has 1 atom stereocenters. The van der Waals surface area contributed by atoms with E-state index in [0.29, 0.717) is 24.0 Å². The third kappa shape index (κ3) is 2.82. The minimum absolute atomic E-state index is 0.239. The second-order valence-corrected chi connectivity index (χ2v) is 6.25. The summed E-state index contributed by atoms with van der Waals surface area (Å²) < 4.78 is 18.1. The third-order valence-electron chi connectivity index (χ3n) is 4.65. The zero-order chi connectivity index (χ0) is 17.4. The summed E-state index contributed by atoms with van der Waals surface area (Å²) in [6, 6.07) is 3.86. The summed E-state index contributed by atoms with van der Waals surface area (Å²) in [5.41, 5.74) is 2.14. The van der Waals surface area contributed by atoms with Gasteiger partial charge in [-0.05, 0) is 38.4 Å². The van der Waals surface area contributed by atoms with Crippen molar-refractivity contribution in [2.45, 2.75) is 32.4 Å².